The SMILES string of the molecule is C=C(C)C(=O)OCCN(CCOC(=O)C(=C)C)c1ccc(Nc2snc(C)c2C#N)c(NC(=O)CCC)c1. The van der Waals surface area contributed by atoms with Crippen molar-refractivity contribution in [3.63, 3.8) is 0 Å². The van der Waals surface area contributed by atoms with Gasteiger partial charge in [0.1, 0.15) is 29.8 Å². The number of esters is 2. The average molecular weight is 540 g/mol. The second kappa shape index (κ2) is 14.5. The Labute approximate surface area is 227 Å². The van der Waals surface area contributed by atoms with Crippen LogP contribution in [0.2, 0.25) is 0 Å². The number of aromatic nitrogens is 1. The first kappa shape index (κ1) is 30.1. The van der Waals surface area contributed by atoms with Gasteiger partial charge in [0.15, 0.2) is 0 Å². The molecule has 10 nitrogen and oxygen atoms in total. The summed E-state index contributed by atoms with van der Waals surface area (Å²) in [7, 11) is 0. The Balaban J connectivity index is 2.36. The smallest absolute Gasteiger partial charge is 0.333 e. The summed E-state index contributed by atoms with van der Waals surface area (Å²) >= 11 is 1.16. The largest absolute Gasteiger partial charge is 0.460 e. The predicted molar refractivity (Wildman–Crippen MR) is 149 cm³/mol. The lowest BCUT2D eigenvalue weighted by Gasteiger charge is -2.26. The Morgan fingerprint density at radius 2 is 1.68 bits per heavy atom. The average Bonchev–Trinajstić information content (AvgIpc) is 3.22. The summed E-state index contributed by atoms with van der Waals surface area (Å²) in [5.74, 6) is -1.16. The van der Waals surface area contributed by atoms with E-state index in [0.717, 1.165) is 11.5 Å². The van der Waals surface area contributed by atoms with Crippen molar-refractivity contribution in [2.45, 2.75) is 40.5 Å². The molecular formula is C27H33N5O5S. The predicted octanol–water partition coefficient (Wildman–Crippen LogP) is 4.85. The number of hydrogen-bond donors (Lipinski definition) is 2. The fraction of sp³-hybridized carbons (Fsp3) is 0.370. The number of hydrogen-bond acceptors (Lipinski definition) is 10. The first-order valence-corrected chi connectivity index (χ1v) is 12.8. The first-order chi connectivity index (χ1) is 18.1. The summed E-state index contributed by atoms with van der Waals surface area (Å²) in [6.45, 7) is 14.7. The fourth-order valence-electron chi connectivity index (χ4n) is 3.20. The van der Waals surface area contributed by atoms with Gasteiger partial charge in [-0.3, -0.25) is 4.79 Å². The Bertz CT molecular complexity index is 1210. The van der Waals surface area contributed by atoms with Gasteiger partial charge in [0.05, 0.1) is 30.2 Å². The van der Waals surface area contributed by atoms with E-state index in [1.807, 2.05) is 17.9 Å². The third-order valence-corrected chi connectivity index (χ3v) is 6.08. The normalized spacial score (nSPS) is 10.2. The minimum absolute atomic E-state index is 0.0727. The van der Waals surface area contributed by atoms with Gasteiger partial charge in [-0.25, -0.2) is 9.59 Å². The zero-order chi connectivity index (χ0) is 28.2. The van der Waals surface area contributed by atoms with E-state index in [1.54, 1.807) is 32.9 Å². The molecule has 0 aliphatic heterocycles. The van der Waals surface area contributed by atoms with Crippen LogP contribution in [0.4, 0.5) is 22.1 Å². The van der Waals surface area contributed by atoms with Crippen LogP contribution in [-0.2, 0) is 23.9 Å². The van der Waals surface area contributed by atoms with Crippen molar-refractivity contribution < 1.29 is 23.9 Å². The van der Waals surface area contributed by atoms with Gasteiger partial charge in [-0.15, -0.1) is 0 Å². The molecule has 0 fully saturated rings. The summed E-state index contributed by atoms with van der Waals surface area (Å²) in [5, 5.41) is 16.2. The number of aryl methyl sites for hydroxylation is 1. The summed E-state index contributed by atoms with van der Waals surface area (Å²) in [5.41, 5.74) is 3.41. The van der Waals surface area contributed by atoms with Crippen molar-refractivity contribution in [3.8, 4) is 6.07 Å². The van der Waals surface area contributed by atoms with Gasteiger partial charge in [-0.2, -0.15) is 9.64 Å². The number of nitrogens with zero attached hydrogens (tertiary/aromatic N) is 3. The molecule has 0 unspecified atom stereocenters. The molecule has 38 heavy (non-hydrogen) atoms. The number of rotatable bonds is 14. The summed E-state index contributed by atoms with van der Waals surface area (Å²) in [6.07, 6.45) is 1.01. The lowest BCUT2D eigenvalue weighted by molar-refractivity contribution is -0.139. The van der Waals surface area contributed by atoms with Crippen LogP contribution in [0.25, 0.3) is 0 Å². The van der Waals surface area contributed by atoms with Crippen LogP contribution in [0.1, 0.15) is 44.9 Å². The molecule has 1 aromatic carbocycles. The van der Waals surface area contributed by atoms with Crippen molar-refractivity contribution in [1.29, 1.82) is 5.26 Å². The van der Waals surface area contributed by atoms with E-state index in [1.165, 1.54) is 0 Å². The molecule has 0 atom stereocenters. The van der Waals surface area contributed by atoms with Gasteiger partial charge in [0.25, 0.3) is 0 Å². The highest BCUT2D eigenvalue weighted by Gasteiger charge is 2.17. The first-order valence-electron chi connectivity index (χ1n) is 12.0. The Hall–Kier alpha value is -4.17. The molecule has 0 aliphatic carbocycles. The third-order valence-electron chi connectivity index (χ3n) is 5.23. The molecule has 202 valence electrons. The third kappa shape index (κ3) is 8.74. The molecule has 1 heterocycles. The molecule has 0 saturated carbocycles. The lowest BCUT2D eigenvalue weighted by atomic mass is 10.2. The van der Waals surface area contributed by atoms with E-state index in [4.69, 9.17) is 9.47 Å². The van der Waals surface area contributed by atoms with E-state index in [0.29, 0.717) is 70.4 Å². The number of amides is 1. The zero-order valence-corrected chi connectivity index (χ0v) is 23.0. The number of anilines is 4. The van der Waals surface area contributed by atoms with Crippen molar-refractivity contribution in [1.82, 2.24) is 4.37 Å². The van der Waals surface area contributed by atoms with Crippen LogP contribution in [0.5, 0.6) is 0 Å². The van der Waals surface area contributed by atoms with Gasteiger partial charge >= 0.3 is 11.9 Å². The maximum absolute atomic E-state index is 12.5. The molecule has 0 spiro atoms. The molecule has 2 N–H and O–H groups in total. The minimum atomic E-state index is -0.501. The van der Waals surface area contributed by atoms with Gasteiger partial charge in [-0.1, -0.05) is 20.1 Å². The van der Waals surface area contributed by atoms with Gasteiger partial charge in [0, 0.05) is 23.3 Å². The number of carbonyl (C=O) groups excluding carboxylic acids is 3. The maximum atomic E-state index is 12.5. The van der Waals surface area contributed by atoms with E-state index < -0.39 is 11.9 Å². The molecule has 0 bridgehead atoms. The topological polar surface area (TPSA) is 134 Å². The Morgan fingerprint density at radius 1 is 1.08 bits per heavy atom. The summed E-state index contributed by atoms with van der Waals surface area (Å²) in [4.78, 5) is 38.1. The molecule has 1 aromatic heterocycles. The monoisotopic (exact) mass is 539 g/mol. The molecule has 11 heteroatoms. The number of benzene rings is 1. The Kier molecular flexibility index (Phi) is 11.5. The van der Waals surface area contributed by atoms with E-state index in [2.05, 4.69) is 34.2 Å². The molecule has 1 amide bonds. The van der Waals surface area contributed by atoms with Gasteiger partial charge < -0.3 is 25.0 Å². The maximum Gasteiger partial charge on any atom is 0.333 e. The van der Waals surface area contributed by atoms with Crippen molar-refractivity contribution >= 4 is 51.4 Å². The van der Waals surface area contributed by atoms with Gasteiger partial charge in [-0.05, 0) is 56.9 Å². The summed E-state index contributed by atoms with van der Waals surface area (Å²) < 4.78 is 14.8. The number of nitrogens with one attached hydrogen (secondary N) is 2. The van der Waals surface area contributed by atoms with Crippen molar-refractivity contribution in [2.24, 2.45) is 0 Å². The molecule has 2 rings (SSSR count). The lowest BCUT2D eigenvalue weighted by Crippen LogP contribution is -2.32. The van der Waals surface area contributed by atoms with E-state index in [9.17, 15) is 19.6 Å². The fourth-order valence-corrected chi connectivity index (χ4v) is 3.96. The highest BCUT2D eigenvalue weighted by atomic mass is 32.1. The number of nitriles is 1. The zero-order valence-electron chi connectivity index (χ0n) is 22.2. The molecular weight excluding hydrogens is 506 g/mol. The van der Waals surface area contributed by atoms with E-state index in [-0.39, 0.29) is 19.1 Å². The second-order valence-corrected chi connectivity index (χ2v) is 9.33. The van der Waals surface area contributed by atoms with Crippen LogP contribution >= 0.6 is 11.5 Å². The number of ether oxygens (including phenoxy) is 2. The van der Waals surface area contributed by atoms with Crippen molar-refractivity contribution in [3.05, 3.63) is 53.8 Å². The molecule has 0 saturated heterocycles. The van der Waals surface area contributed by atoms with Crippen LogP contribution < -0.4 is 15.5 Å². The second-order valence-electron chi connectivity index (χ2n) is 8.56. The molecule has 2 aromatic rings. The van der Waals surface area contributed by atoms with Crippen LogP contribution in [0.3, 0.4) is 0 Å². The van der Waals surface area contributed by atoms with Gasteiger partial charge in [0.2, 0.25) is 5.91 Å². The quantitative estimate of drug-likeness (QED) is 0.255. The highest BCUT2D eigenvalue weighted by Crippen LogP contribution is 2.34. The minimum Gasteiger partial charge on any atom is -0.460 e. The number of carbonyl (C=O) groups is 3. The Morgan fingerprint density at radius 3 is 2.21 bits per heavy atom. The standard InChI is InChI=1S/C27H33N5O5S/c1-7-8-24(33)29-23-15-20(9-10-22(23)30-25-21(16-28)19(6)31-38-25)32(11-13-36-26(34)17(2)3)12-14-37-27(35)18(4)5/h9-10,15,30H,2,4,7-8,11-14H2,1,3,5-6H3,(H,29,33). The molecule has 0 aliphatic rings. The molecule has 0 radical (unpaired) electrons. The summed E-state index contributed by atoms with van der Waals surface area (Å²) in [6, 6.07) is 7.52. The van der Waals surface area contributed by atoms with E-state index >= 15 is 0 Å². The van der Waals surface area contributed by atoms with Crippen LogP contribution in [-0.4, -0.2) is 48.5 Å². The van der Waals surface area contributed by atoms with Crippen LogP contribution in [0.15, 0.2) is 42.5 Å². The van der Waals surface area contributed by atoms with Crippen LogP contribution in [0, 0.1) is 18.3 Å². The van der Waals surface area contributed by atoms with Crippen molar-refractivity contribution in [2.75, 3.05) is 41.8 Å². The highest BCUT2D eigenvalue weighted by molar-refractivity contribution is 7.10.